The Bertz CT molecular complexity index is 260. The molecule has 0 aromatic rings. The van der Waals surface area contributed by atoms with Gasteiger partial charge in [0.25, 0.3) is 0 Å². The molecule has 0 aromatic carbocycles. The van der Waals surface area contributed by atoms with Crippen LogP contribution in [0.3, 0.4) is 0 Å². The number of Topliss-reactive ketones (excluding diaryl/α,β-unsaturated/α-hetero) is 1. The normalized spacial score (nSPS) is 13.2. The maximum Gasteiger partial charge on any atom is 0.227 e. The summed E-state index contributed by atoms with van der Waals surface area (Å²) in [5.41, 5.74) is 0. The number of amides is 2. The van der Waals surface area contributed by atoms with Crippen molar-refractivity contribution >= 4 is 17.6 Å². The molecular weight excluding hydrogens is 208 g/mol. The summed E-state index contributed by atoms with van der Waals surface area (Å²) in [6, 6.07) is 0. The van der Waals surface area contributed by atoms with E-state index in [2.05, 4.69) is 10.6 Å². The van der Waals surface area contributed by atoms with Crippen molar-refractivity contribution in [1.82, 2.24) is 10.6 Å². The molecule has 0 radical (unpaired) electrons. The van der Waals surface area contributed by atoms with Crippen LogP contribution in [0.25, 0.3) is 0 Å². The Kier molecular flexibility index (Phi) is 7.16. The van der Waals surface area contributed by atoms with Crippen molar-refractivity contribution in [2.45, 2.75) is 33.1 Å². The SMILES string of the molecule is CC(=O)NCC1CC1.CNC(=O)CC(C)=O. The molecule has 1 saturated carbocycles. The Balaban J connectivity index is 0.000000281. The highest BCUT2D eigenvalue weighted by atomic mass is 16.2. The minimum absolute atomic E-state index is 0.00347. The largest absolute Gasteiger partial charge is 0.359 e. The molecule has 5 nitrogen and oxygen atoms in total. The van der Waals surface area contributed by atoms with Crippen molar-refractivity contribution in [2.75, 3.05) is 13.6 Å². The fourth-order valence-corrected chi connectivity index (χ4v) is 0.925. The van der Waals surface area contributed by atoms with Crippen LogP contribution in [0.4, 0.5) is 0 Å². The van der Waals surface area contributed by atoms with Crippen LogP contribution in [0.2, 0.25) is 0 Å². The number of hydrogen-bond acceptors (Lipinski definition) is 3. The van der Waals surface area contributed by atoms with Gasteiger partial charge in [0.15, 0.2) is 0 Å². The molecule has 0 spiro atoms. The standard InChI is InChI=1S/C6H11NO.C5H9NO2/c1-5(8)7-4-6-2-3-6;1-4(7)3-5(8)6-2/h6H,2-4H2,1H3,(H,7,8);3H2,1-2H3,(H,6,8). The molecule has 0 bridgehead atoms. The second kappa shape index (κ2) is 7.84. The van der Waals surface area contributed by atoms with E-state index in [0.29, 0.717) is 0 Å². The maximum absolute atomic E-state index is 10.3. The smallest absolute Gasteiger partial charge is 0.227 e. The van der Waals surface area contributed by atoms with Gasteiger partial charge in [-0.05, 0) is 25.7 Å². The van der Waals surface area contributed by atoms with Crippen LogP contribution in [-0.2, 0) is 14.4 Å². The summed E-state index contributed by atoms with van der Waals surface area (Å²) in [7, 11) is 1.51. The average Bonchev–Trinajstić information content (AvgIpc) is 2.98. The van der Waals surface area contributed by atoms with E-state index in [4.69, 9.17) is 0 Å². The summed E-state index contributed by atoms with van der Waals surface area (Å²) >= 11 is 0. The molecule has 0 saturated heterocycles. The lowest BCUT2D eigenvalue weighted by Crippen LogP contribution is -2.21. The van der Waals surface area contributed by atoms with Crippen molar-refractivity contribution in [1.29, 1.82) is 0 Å². The van der Waals surface area contributed by atoms with Gasteiger partial charge in [-0.15, -0.1) is 0 Å². The second-order valence-corrected chi connectivity index (χ2v) is 3.93. The van der Waals surface area contributed by atoms with Crippen LogP contribution < -0.4 is 10.6 Å². The number of hydrogen-bond donors (Lipinski definition) is 2. The Morgan fingerprint density at radius 1 is 1.19 bits per heavy atom. The number of carbonyl (C=O) groups is 3. The van der Waals surface area contributed by atoms with Gasteiger partial charge in [0.2, 0.25) is 11.8 Å². The predicted molar refractivity (Wildman–Crippen MR) is 60.8 cm³/mol. The zero-order valence-corrected chi connectivity index (χ0v) is 10.1. The predicted octanol–water partition coefficient (Wildman–Crippen LogP) is 0.244. The quantitative estimate of drug-likeness (QED) is 0.677. The number of carbonyl (C=O) groups excluding carboxylic acids is 3. The fourth-order valence-electron chi connectivity index (χ4n) is 0.925. The number of ketones is 1. The highest BCUT2D eigenvalue weighted by Gasteiger charge is 2.20. The lowest BCUT2D eigenvalue weighted by Gasteiger charge is -1.95. The van der Waals surface area contributed by atoms with Crippen molar-refractivity contribution in [3.63, 3.8) is 0 Å². The topological polar surface area (TPSA) is 75.3 Å². The van der Waals surface area contributed by atoms with Crippen LogP contribution in [-0.4, -0.2) is 31.2 Å². The van der Waals surface area contributed by atoms with Crippen LogP contribution in [0.1, 0.15) is 33.1 Å². The molecule has 2 N–H and O–H groups in total. The summed E-state index contributed by atoms with van der Waals surface area (Å²) in [6.07, 6.45) is 2.61. The van der Waals surface area contributed by atoms with Gasteiger partial charge in [0.05, 0.1) is 6.42 Å². The molecule has 0 aromatic heterocycles. The van der Waals surface area contributed by atoms with E-state index in [1.54, 1.807) is 6.92 Å². The number of rotatable bonds is 4. The zero-order valence-electron chi connectivity index (χ0n) is 10.1. The average molecular weight is 228 g/mol. The second-order valence-electron chi connectivity index (χ2n) is 3.93. The number of nitrogens with one attached hydrogen (secondary N) is 2. The van der Waals surface area contributed by atoms with Crippen LogP contribution in [0.15, 0.2) is 0 Å². The molecule has 1 fully saturated rings. The molecular formula is C11H20N2O3. The van der Waals surface area contributed by atoms with E-state index in [1.807, 2.05) is 0 Å². The third-order valence-corrected chi connectivity index (χ3v) is 2.02. The van der Waals surface area contributed by atoms with Crippen molar-refractivity contribution in [2.24, 2.45) is 5.92 Å². The summed E-state index contributed by atoms with van der Waals surface area (Å²) in [5, 5.41) is 5.11. The molecule has 5 heteroatoms. The first-order valence-corrected chi connectivity index (χ1v) is 5.40. The van der Waals surface area contributed by atoms with E-state index in [1.165, 1.54) is 26.8 Å². The Morgan fingerprint density at radius 3 is 2.00 bits per heavy atom. The van der Waals surface area contributed by atoms with E-state index < -0.39 is 0 Å². The first kappa shape index (κ1) is 14.6. The molecule has 0 atom stereocenters. The summed E-state index contributed by atoms with van der Waals surface area (Å²) in [4.78, 5) is 30.7. The molecule has 0 unspecified atom stereocenters. The Labute approximate surface area is 96.0 Å². The molecule has 0 heterocycles. The van der Waals surface area contributed by atoms with Crippen molar-refractivity contribution < 1.29 is 14.4 Å². The zero-order chi connectivity index (χ0) is 12.6. The third-order valence-electron chi connectivity index (χ3n) is 2.02. The monoisotopic (exact) mass is 228 g/mol. The highest BCUT2D eigenvalue weighted by molar-refractivity contribution is 5.96. The van der Waals surface area contributed by atoms with Gasteiger partial charge in [0.1, 0.15) is 5.78 Å². The van der Waals surface area contributed by atoms with E-state index in [9.17, 15) is 14.4 Å². The van der Waals surface area contributed by atoms with Crippen molar-refractivity contribution in [3.05, 3.63) is 0 Å². The minimum Gasteiger partial charge on any atom is -0.359 e. The third kappa shape index (κ3) is 10.7. The van der Waals surface area contributed by atoms with Gasteiger partial charge in [0, 0.05) is 20.5 Å². The van der Waals surface area contributed by atoms with Gasteiger partial charge < -0.3 is 10.6 Å². The Morgan fingerprint density at radius 2 is 1.75 bits per heavy atom. The van der Waals surface area contributed by atoms with Gasteiger partial charge in [-0.3, -0.25) is 14.4 Å². The summed E-state index contributed by atoms with van der Waals surface area (Å²) in [5.74, 6) is 0.567. The van der Waals surface area contributed by atoms with E-state index in [0.717, 1.165) is 12.5 Å². The lowest BCUT2D eigenvalue weighted by molar-refractivity contribution is -0.127. The van der Waals surface area contributed by atoms with Gasteiger partial charge in [-0.2, -0.15) is 0 Å². The maximum atomic E-state index is 10.3. The molecule has 1 aliphatic rings. The molecule has 1 aliphatic carbocycles. The molecule has 0 aliphatic heterocycles. The fraction of sp³-hybridized carbons (Fsp3) is 0.727. The van der Waals surface area contributed by atoms with Crippen LogP contribution in [0.5, 0.6) is 0 Å². The van der Waals surface area contributed by atoms with Gasteiger partial charge in [-0.1, -0.05) is 0 Å². The van der Waals surface area contributed by atoms with E-state index >= 15 is 0 Å². The first-order valence-electron chi connectivity index (χ1n) is 5.40. The van der Waals surface area contributed by atoms with Gasteiger partial charge >= 0.3 is 0 Å². The summed E-state index contributed by atoms with van der Waals surface area (Å²) < 4.78 is 0. The van der Waals surface area contributed by atoms with Crippen LogP contribution >= 0.6 is 0 Å². The molecule has 92 valence electrons. The highest BCUT2D eigenvalue weighted by Crippen LogP contribution is 2.27. The van der Waals surface area contributed by atoms with Crippen LogP contribution in [0, 0.1) is 5.92 Å². The molecule has 2 amide bonds. The Hall–Kier alpha value is -1.39. The minimum atomic E-state index is -0.225. The lowest BCUT2D eigenvalue weighted by atomic mass is 10.3. The van der Waals surface area contributed by atoms with E-state index in [-0.39, 0.29) is 24.0 Å². The first-order chi connectivity index (χ1) is 7.45. The molecule has 1 rings (SSSR count). The van der Waals surface area contributed by atoms with Gasteiger partial charge in [-0.25, -0.2) is 0 Å². The summed E-state index contributed by atoms with van der Waals surface area (Å²) in [6.45, 7) is 3.84. The molecule has 16 heavy (non-hydrogen) atoms. The van der Waals surface area contributed by atoms with Crippen molar-refractivity contribution in [3.8, 4) is 0 Å².